The molecule has 180 valence electrons. The summed E-state index contributed by atoms with van der Waals surface area (Å²) in [7, 11) is 0. The number of hydrogen-bond donors (Lipinski definition) is 0. The molecule has 0 aliphatic heterocycles. The van der Waals surface area contributed by atoms with Gasteiger partial charge in [-0.05, 0) is 49.9 Å². The van der Waals surface area contributed by atoms with Gasteiger partial charge in [-0.15, -0.1) is 53.6 Å². The number of aromatic nitrogens is 2. The normalized spacial score (nSPS) is 9.43. The molecule has 0 radical (unpaired) electrons. The quantitative estimate of drug-likeness (QED) is 0.148. The first-order chi connectivity index (χ1) is 17.6. The van der Waals surface area contributed by atoms with E-state index in [4.69, 9.17) is 11.4 Å². The molecule has 3 aromatic carbocycles. The van der Waals surface area contributed by atoms with Gasteiger partial charge in [-0.2, -0.15) is 0 Å². The minimum Gasteiger partial charge on any atom is -0.366 e. The largest absolute Gasteiger partial charge is 2.00 e. The molecular weight excluding hydrogens is 631 g/mol. The van der Waals surface area contributed by atoms with Crippen LogP contribution in [-0.4, -0.2) is 9.97 Å². The predicted molar refractivity (Wildman–Crippen MR) is 146 cm³/mol. The molecule has 0 spiro atoms. The summed E-state index contributed by atoms with van der Waals surface area (Å²) in [6, 6.07) is 36.8. The molecule has 0 aliphatic rings. The Hall–Kier alpha value is -4.23. The maximum atomic E-state index is 6.76. The molecule has 5 rings (SSSR count). The third-order valence-electron chi connectivity index (χ3n) is 5.34. The Bertz CT molecular complexity index is 1460. The fraction of sp³-hybridized carbons (Fsp3) is 0.0588. The molecule has 37 heavy (non-hydrogen) atoms. The Morgan fingerprint density at radius 3 is 1.86 bits per heavy atom. The van der Waals surface area contributed by atoms with Gasteiger partial charge >= 0.3 is 21.1 Å². The summed E-state index contributed by atoms with van der Waals surface area (Å²) >= 11 is 0. The second kappa shape index (κ2) is 13.7. The number of benzene rings is 3. The second-order valence-electron chi connectivity index (χ2n) is 8.22. The molecule has 3 heteroatoms. The van der Waals surface area contributed by atoms with Crippen LogP contribution in [0.5, 0.6) is 0 Å². The summed E-state index contributed by atoms with van der Waals surface area (Å²) in [6.45, 7) is 4.09. The van der Waals surface area contributed by atoms with Crippen LogP contribution in [0.3, 0.4) is 0 Å². The SMILES string of the molecule is Cc1ccc(C#Cc2cc(-c3[c-]cccc3)nc(-c3ccccn3)c2)cc1.[C-]#Cc1ccc(C)cc1.[Pt+2]. The molecule has 0 atom stereocenters. The first-order valence-electron chi connectivity index (χ1n) is 11.6. The van der Waals surface area contributed by atoms with Crippen molar-refractivity contribution in [3.8, 4) is 40.4 Å². The third kappa shape index (κ3) is 8.15. The van der Waals surface area contributed by atoms with Gasteiger partial charge in [0.25, 0.3) is 0 Å². The van der Waals surface area contributed by atoms with E-state index < -0.39 is 0 Å². The molecule has 0 saturated carbocycles. The fourth-order valence-electron chi connectivity index (χ4n) is 3.36. The van der Waals surface area contributed by atoms with Crippen LogP contribution in [0.15, 0.2) is 109 Å². The average Bonchev–Trinajstić information content (AvgIpc) is 2.94. The van der Waals surface area contributed by atoms with E-state index in [1.165, 1.54) is 11.1 Å². The van der Waals surface area contributed by atoms with E-state index in [1.807, 2.05) is 97.9 Å². The fourth-order valence-corrected chi connectivity index (χ4v) is 3.36. The zero-order chi connectivity index (χ0) is 25.2. The molecule has 0 fully saturated rings. The van der Waals surface area contributed by atoms with Gasteiger partial charge in [0.15, 0.2) is 0 Å². The Morgan fingerprint density at radius 2 is 1.27 bits per heavy atom. The molecular formula is C34H24N2Pt. The van der Waals surface area contributed by atoms with Gasteiger partial charge in [-0.1, -0.05) is 59.4 Å². The van der Waals surface area contributed by atoms with Crippen molar-refractivity contribution in [1.82, 2.24) is 9.97 Å². The molecule has 0 bridgehead atoms. The molecule has 2 nitrogen and oxygen atoms in total. The topological polar surface area (TPSA) is 25.8 Å². The maximum Gasteiger partial charge on any atom is 2.00 e. The van der Waals surface area contributed by atoms with Gasteiger partial charge < -0.3 is 6.42 Å². The van der Waals surface area contributed by atoms with Crippen LogP contribution in [-0.2, 0) is 21.1 Å². The first-order valence-corrected chi connectivity index (χ1v) is 11.6. The van der Waals surface area contributed by atoms with Crippen molar-refractivity contribution in [2.24, 2.45) is 0 Å². The van der Waals surface area contributed by atoms with Gasteiger partial charge in [0, 0.05) is 17.3 Å². The van der Waals surface area contributed by atoms with Gasteiger partial charge in [0.2, 0.25) is 0 Å². The molecule has 0 amide bonds. The van der Waals surface area contributed by atoms with Crippen molar-refractivity contribution in [2.45, 2.75) is 13.8 Å². The Labute approximate surface area is 234 Å². The minimum atomic E-state index is 0. The minimum absolute atomic E-state index is 0. The van der Waals surface area contributed by atoms with Crippen molar-refractivity contribution in [3.05, 3.63) is 150 Å². The molecule has 2 heterocycles. The van der Waals surface area contributed by atoms with Crippen LogP contribution in [0, 0.1) is 44.1 Å². The second-order valence-corrected chi connectivity index (χ2v) is 8.22. The van der Waals surface area contributed by atoms with Crippen LogP contribution in [0.25, 0.3) is 22.6 Å². The van der Waals surface area contributed by atoms with Crippen molar-refractivity contribution in [2.75, 3.05) is 0 Å². The van der Waals surface area contributed by atoms with Crippen molar-refractivity contribution < 1.29 is 21.1 Å². The van der Waals surface area contributed by atoms with E-state index in [2.05, 4.69) is 47.9 Å². The smallest absolute Gasteiger partial charge is 0.366 e. The van der Waals surface area contributed by atoms with E-state index in [0.717, 1.165) is 39.3 Å². The van der Waals surface area contributed by atoms with Crippen LogP contribution < -0.4 is 0 Å². The Balaban J connectivity index is 0.000000324. The zero-order valence-corrected chi connectivity index (χ0v) is 22.9. The molecule has 5 aromatic rings. The van der Waals surface area contributed by atoms with Crippen LogP contribution in [0.4, 0.5) is 0 Å². The van der Waals surface area contributed by atoms with Crippen LogP contribution >= 0.6 is 0 Å². The summed E-state index contributed by atoms with van der Waals surface area (Å²) in [6.07, 6.45) is 8.54. The Kier molecular flexibility index (Phi) is 10.2. The summed E-state index contributed by atoms with van der Waals surface area (Å²) < 4.78 is 0. The zero-order valence-electron chi connectivity index (χ0n) is 20.6. The summed E-state index contributed by atoms with van der Waals surface area (Å²) in [4.78, 5) is 9.21. The van der Waals surface area contributed by atoms with E-state index in [9.17, 15) is 0 Å². The summed E-state index contributed by atoms with van der Waals surface area (Å²) in [5.74, 6) is 8.81. The molecule has 0 saturated heterocycles. The van der Waals surface area contributed by atoms with Gasteiger partial charge in [-0.25, -0.2) is 0 Å². The predicted octanol–water partition coefficient (Wildman–Crippen LogP) is 7.25. The maximum absolute atomic E-state index is 6.76. The average molecular weight is 656 g/mol. The number of hydrogen-bond acceptors (Lipinski definition) is 2. The van der Waals surface area contributed by atoms with Crippen LogP contribution in [0.2, 0.25) is 0 Å². The van der Waals surface area contributed by atoms with Crippen LogP contribution in [0.1, 0.15) is 27.8 Å². The summed E-state index contributed by atoms with van der Waals surface area (Å²) in [5.41, 5.74) is 8.58. The summed E-state index contributed by atoms with van der Waals surface area (Å²) in [5, 5.41) is 0. The van der Waals surface area contributed by atoms with E-state index in [-0.39, 0.29) is 21.1 Å². The standard InChI is InChI=1S/C25H17N2.C9H7.Pt/c1-19-10-12-20(13-11-19)14-15-21-17-24(22-7-3-2-4-8-22)27-25(18-21)23-9-5-6-16-26-23;1-3-9-6-4-8(2)5-7-9;/h2-7,9-13,16-18H,1H3;4-7H,2H3;/q2*-1;+2. The number of rotatable bonds is 2. The van der Waals surface area contributed by atoms with Crippen molar-refractivity contribution in [3.63, 3.8) is 0 Å². The molecule has 0 unspecified atom stereocenters. The first kappa shape index (κ1) is 27.4. The number of pyridine rings is 2. The molecule has 0 N–H and O–H groups in total. The van der Waals surface area contributed by atoms with Crippen molar-refractivity contribution >= 4 is 0 Å². The van der Waals surface area contributed by atoms with Gasteiger partial charge in [0.1, 0.15) is 0 Å². The molecule has 2 aromatic heterocycles. The van der Waals surface area contributed by atoms with Gasteiger partial charge in [0.05, 0.1) is 11.4 Å². The monoisotopic (exact) mass is 655 g/mol. The number of aryl methyl sites for hydroxylation is 2. The van der Waals surface area contributed by atoms with E-state index in [1.54, 1.807) is 6.20 Å². The number of nitrogens with zero attached hydrogens (tertiary/aromatic N) is 2. The van der Waals surface area contributed by atoms with Crippen molar-refractivity contribution in [1.29, 1.82) is 0 Å². The van der Waals surface area contributed by atoms with E-state index in [0.29, 0.717) is 0 Å². The Morgan fingerprint density at radius 1 is 0.649 bits per heavy atom. The molecule has 0 aliphatic carbocycles. The van der Waals surface area contributed by atoms with E-state index >= 15 is 0 Å². The van der Waals surface area contributed by atoms with Gasteiger partial charge in [-0.3, -0.25) is 15.9 Å². The third-order valence-corrected chi connectivity index (χ3v) is 5.34.